The molecule has 2 N–H and O–H groups in total. The first-order valence-corrected chi connectivity index (χ1v) is 6.55. The first-order chi connectivity index (χ1) is 10.6. The number of carbonyl (C=O) groups excluding carboxylic acids is 2. The van der Waals surface area contributed by atoms with Gasteiger partial charge in [0.2, 0.25) is 5.78 Å². The van der Waals surface area contributed by atoms with Crippen LogP contribution in [0.2, 0.25) is 0 Å². The van der Waals surface area contributed by atoms with Gasteiger partial charge in [-0.15, -0.1) is 0 Å². The van der Waals surface area contributed by atoms with E-state index >= 15 is 0 Å². The highest BCUT2D eigenvalue weighted by Crippen LogP contribution is 2.15. The monoisotopic (exact) mass is 297 g/mol. The van der Waals surface area contributed by atoms with Crippen LogP contribution in [0.3, 0.4) is 0 Å². The summed E-state index contributed by atoms with van der Waals surface area (Å²) in [6, 6.07) is 15.1. The molecule has 2 aromatic rings. The summed E-state index contributed by atoms with van der Waals surface area (Å²) in [6.45, 7) is 0. The average Bonchev–Trinajstić information content (AvgIpc) is 2.56. The van der Waals surface area contributed by atoms with Crippen molar-refractivity contribution < 1.29 is 19.4 Å². The highest BCUT2D eigenvalue weighted by atomic mass is 16.5. The predicted molar refractivity (Wildman–Crippen MR) is 83.7 cm³/mol. The van der Waals surface area contributed by atoms with E-state index in [2.05, 4.69) is 5.32 Å². The van der Waals surface area contributed by atoms with Crippen LogP contribution in [0.5, 0.6) is 5.75 Å². The molecule has 0 unspecified atom stereocenters. The van der Waals surface area contributed by atoms with Crippen molar-refractivity contribution in [3.8, 4) is 5.75 Å². The van der Waals surface area contributed by atoms with E-state index < -0.39 is 11.7 Å². The fourth-order valence-electron chi connectivity index (χ4n) is 1.75. The summed E-state index contributed by atoms with van der Waals surface area (Å²) in [5.41, 5.74) is 0.930. The van der Waals surface area contributed by atoms with E-state index in [1.54, 1.807) is 54.6 Å². The molecule has 0 saturated heterocycles. The number of anilines is 1. The zero-order chi connectivity index (χ0) is 15.9. The van der Waals surface area contributed by atoms with Gasteiger partial charge in [-0.1, -0.05) is 30.3 Å². The molecule has 0 aliphatic heterocycles. The molecule has 0 spiro atoms. The van der Waals surface area contributed by atoms with Crippen molar-refractivity contribution in [2.75, 3.05) is 12.4 Å². The summed E-state index contributed by atoms with van der Waals surface area (Å²) in [7, 11) is 1.54. The second kappa shape index (κ2) is 7.08. The topological polar surface area (TPSA) is 75.6 Å². The van der Waals surface area contributed by atoms with Crippen molar-refractivity contribution >= 4 is 23.1 Å². The molecule has 0 aliphatic carbocycles. The van der Waals surface area contributed by atoms with Gasteiger partial charge in [0.05, 0.1) is 7.11 Å². The molecule has 0 aromatic heterocycles. The predicted octanol–water partition coefficient (Wildman–Crippen LogP) is 2.80. The van der Waals surface area contributed by atoms with Crippen LogP contribution in [0.15, 0.2) is 60.7 Å². The fourth-order valence-corrected chi connectivity index (χ4v) is 1.75. The van der Waals surface area contributed by atoms with Crippen molar-refractivity contribution in [3.63, 3.8) is 0 Å². The molecule has 112 valence electrons. The number of amides is 1. The molecule has 22 heavy (non-hydrogen) atoms. The number of ether oxygens (including phenoxy) is 1. The summed E-state index contributed by atoms with van der Waals surface area (Å²) in [4.78, 5) is 23.6. The van der Waals surface area contributed by atoms with Gasteiger partial charge in [-0.2, -0.15) is 0 Å². The number of methoxy groups -OCH3 is 1. The molecule has 0 aliphatic rings. The minimum absolute atomic E-state index is 0.254. The summed E-state index contributed by atoms with van der Waals surface area (Å²) in [6.07, 6.45) is 0.897. The lowest BCUT2D eigenvalue weighted by Gasteiger charge is -2.04. The molecule has 2 rings (SSSR count). The van der Waals surface area contributed by atoms with Gasteiger partial charge in [-0.05, 0) is 24.3 Å². The molecule has 0 atom stereocenters. The molecular formula is C17H15NO4. The second-order valence-corrected chi connectivity index (χ2v) is 4.44. The third-order valence-corrected chi connectivity index (χ3v) is 2.91. The minimum Gasteiger partial charge on any atom is -0.507 e. The number of benzene rings is 2. The Hall–Kier alpha value is -3.08. The lowest BCUT2D eigenvalue weighted by Crippen LogP contribution is -2.21. The maximum Gasteiger partial charge on any atom is 0.296 e. The summed E-state index contributed by atoms with van der Waals surface area (Å²) >= 11 is 0. The minimum atomic E-state index is -0.836. The van der Waals surface area contributed by atoms with Gasteiger partial charge in [-0.3, -0.25) is 9.59 Å². The fraction of sp³-hybridized carbons (Fsp3) is 0.0588. The van der Waals surface area contributed by atoms with Gasteiger partial charge in [0.1, 0.15) is 11.5 Å². The molecular weight excluding hydrogens is 282 g/mol. The SMILES string of the molecule is COc1ccc(NC(=O)C(=O)/C=C(\O)c2ccccc2)cc1. The number of nitrogens with one attached hydrogen (secondary N) is 1. The molecule has 5 heteroatoms. The van der Waals surface area contributed by atoms with Gasteiger partial charge in [0.25, 0.3) is 5.91 Å². The smallest absolute Gasteiger partial charge is 0.296 e. The lowest BCUT2D eigenvalue weighted by molar-refractivity contribution is -0.131. The van der Waals surface area contributed by atoms with Gasteiger partial charge in [-0.25, -0.2) is 0 Å². The maximum atomic E-state index is 11.8. The van der Waals surface area contributed by atoms with E-state index in [0.717, 1.165) is 6.08 Å². The quantitative estimate of drug-likeness (QED) is 0.505. The molecule has 0 heterocycles. The van der Waals surface area contributed by atoms with Gasteiger partial charge < -0.3 is 15.2 Å². The molecule has 0 radical (unpaired) electrons. The second-order valence-electron chi connectivity index (χ2n) is 4.44. The average molecular weight is 297 g/mol. The Balaban J connectivity index is 2.04. The Morgan fingerprint density at radius 3 is 2.27 bits per heavy atom. The number of rotatable bonds is 5. The highest BCUT2D eigenvalue weighted by Gasteiger charge is 2.13. The van der Waals surface area contributed by atoms with Crippen molar-refractivity contribution in [1.82, 2.24) is 0 Å². The number of carbonyl (C=O) groups is 2. The number of hydrogen-bond acceptors (Lipinski definition) is 4. The molecule has 5 nitrogen and oxygen atoms in total. The van der Waals surface area contributed by atoms with E-state index in [9.17, 15) is 14.7 Å². The van der Waals surface area contributed by atoms with E-state index in [0.29, 0.717) is 17.0 Å². The number of aliphatic hydroxyl groups excluding tert-OH is 1. The van der Waals surface area contributed by atoms with Crippen molar-refractivity contribution in [1.29, 1.82) is 0 Å². The van der Waals surface area contributed by atoms with Crippen LogP contribution in [0.25, 0.3) is 5.76 Å². The number of ketones is 1. The van der Waals surface area contributed by atoms with Crippen LogP contribution in [-0.2, 0) is 9.59 Å². The van der Waals surface area contributed by atoms with Crippen molar-refractivity contribution in [2.24, 2.45) is 0 Å². The zero-order valence-corrected chi connectivity index (χ0v) is 11.9. The van der Waals surface area contributed by atoms with E-state index in [4.69, 9.17) is 4.74 Å². The van der Waals surface area contributed by atoms with Crippen molar-refractivity contribution in [3.05, 3.63) is 66.2 Å². The molecule has 2 aromatic carbocycles. The maximum absolute atomic E-state index is 11.8. The third-order valence-electron chi connectivity index (χ3n) is 2.91. The van der Waals surface area contributed by atoms with Crippen molar-refractivity contribution in [2.45, 2.75) is 0 Å². The Morgan fingerprint density at radius 2 is 1.68 bits per heavy atom. The Kier molecular flexibility index (Phi) is 4.93. The summed E-state index contributed by atoms with van der Waals surface area (Å²) in [5, 5.41) is 12.3. The molecule has 0 fully saturated rings. The highest BCUT2D eigenvalue weighted by molar-refractivity contribution is 6.45. The van der Waals surface area contributed by atoms with Crippen LogP contribution in [-0.4, -0.2) is 23.9 Å². The molecule has 0 saturated carbocycles. The molecule has 0 bridgehead atoms. The Labute approximate surface area is 127 Å². The number of aliphatic hydroxyl groups is 1. The first-order valence-electron chi connectivity index (χ1n) is 6.55. The summed E-state index contributed by atoms with van der Waals surface area (Å²) < 4.78 is 5.00. The van der Waals surface area contributed by atoms with Gasteiger partial charge in [0, 0.05) is 17.3 Å². The largest absolute Gasteiger partial charge is 0.507 e. The van der Waals surface area contributed by atoms with E-state index in [1.165, 1.54) is 7.11 Å². The van der Waals surface area contributed by atoms with Gasteiger partial charge >= 0.3 is 0 Å². The zero-order valence-electron chi connectivity index (χ0n) is 11.9. The standard InChI is InChI=1S/C17H15NO4/c1-22-14-9-7-13(8-10-14)18-17(21)16(20)11-15(19)12-5-3-2-4-6-12/h2-11,19H,1H3,(H,18,21)/b15-11-. The Morgan fingerprint density at radius 1 is 1.05 bits per heavy atom. The Bertz CT molecular complexity index is 690. The first kappa shape index (κ1) is 15.3. The number of hydrogen-bond donors (Lipinski definition) is 2. The van der Waals surface area contributed by atoms with Crippen LogP contribution < -0.4 is 10.1 Å². The normalized spacial score (nSPS) is 10.9. The third kappa shape index (κ3) is 3.96. The van der Waals surface area contributed by atoms with Crippen LogP contribution in [0.4, 0.5) is 5.69 Å². The van der Waals surface area contributed by atoms with Crippen LogP contribution in [0, 0.1) is 0 Å². The van der Waals surface area contributed by atoms with E-state index in [-0.39, 0.29) is 5.76 Å². The molecule has 1 amide bonds. The van der Waals surface area contributed by atoms with E-state index in [1.807, 2.05) is 0 Å². The lowest BCUT2D eigenvalue weighted by atomic mass is 10.1. The van der Waals surface area contributed by atoms with Crippen LogP contribution >= 0.6 is 0 Å². The summed E-state index contributed by atoms with van der Waals surface area (Å²) in [5.74, 6) is -1.27. The van der Waals surface area contributed by atoms with Gasteiger partial charge in [0.15, 0.2) is 0 Å². The van der Waals surface area contributed by atoms with Crippen LogP contribution in [0.1, 0.15) is 5.56 Å².